The van der Waals surface area contributed by atoms with Gasteiger partial charge in [-0.3, -0.25) is 4.79 Å². The van der Waals surface area contributed by atoms with Crippen LogP contribution in [0, 0.1) is 5.92 Å². The topological polar surface area (TPSA) is 46.5 Å². The Morgan fingerprint density at radius 2 is 2.06 bits per heavy atom. The summed E-state index contributed by atoms with van der Waals surface area (Å²) in [6, 6.07) is 0. The molecular formula is C14H26O3. The predicted molar refractivity (Wildman–Crippen MR) is 67.7 cm³/mol. The minimum absolute atomic E-state index is 0.0983. The minimum atomic E-state index is -0.198. The average molecular weight is 242 g/mol. The Labute approximate surface area is 105 Å². The fourth-order valence-corrected chi connectivity index (χ4v) is 2.44. The Balaban J connectivity index is 2.06. The second kappa shape index (κ2) is 8.51. The van der Waals surface area contributed by atoms with Crippen molar-refractivity contribution in [2.45, 2.75) is 70.8 Å². The summed E-state index contributed by atoms with van der Waals surface area (Å²) in [6.07, 6.45) is 8.56. The highest BCUT2D eigenvalue weighted by Gasteiger charge is 2.23. The van der Waals surface area contributed by atoms with Crippen LogP contribution in [0.2, 0.25) is 0 Å². The number of unbranched alkanes of at least 4 members (excludes halogenated alkanes) is 2. The first-order chi connectivity index (χ1) is 8.24. The lowest BCUT2D eigenvalue weighted by Gasteiger charge is -2.27. The van der Waals surface area contributed by atoms with E-state index >= 15 is 0 Å². The van der Waals surface area contributed by atoms with Crippen LogP contribution in [0.5, 0.6) is 0 Å². The van der Waals surface area contributed by atoms with Crippen LogP contribution in [0.15, 0.2) is 0 Å². The highest BCUT2D eigenvalue weighted by Crippen LogP contribution is 2.27. The number of esters is 1. The summed E-state index contributed by atoms with van der Waals surface area (Å²) < 4.78 is 5.15. The first-order valence-electron chi connectivity index (χ1n) is 7.07. The zero-order valence-corrected chi connectivity index (χ0v) is 11.0. The van der Waals surface area contributed by atoms with E-state index in [-0.39, 0.29) is 12.1 Å². The van der Waals surface area contributed by atoms with Gasteiger partial charge in [-0.25, -0.2) is 0 Å². The molecule has 2 unspecified atom stereocenters. The van der Waals surface area contributed by atoms with E-state index in [9.17, 15) is 9.90 Å². The van der Waals surface area contributed by atoms with E-state index in [1.807, 2.05) is 0 Å². The molecule has 2 atom stereocenters. The Kier molecular flexibility index (Phi) is 7.25. The lowest BCUT2D eigenvalue weighted by atomic mass is 9.84. The average Bonchev–Trinajstić information content (AvgIpc) is 2.34. The van der Waals surface area contributed by atoms with Gasteiger partial charge in [-0.2, -0.15) is 0 Å². The van der Waals surface area contributed by atoms with Gasteiger partial charge >= 0.3 is 5.97 Å². The maximum Gasteiger partial charge on any atom is 0.305 e. The first kappa shape index (κ1) is 14.5. The molecule has 0 aromatic rings. The number of ether oxygens (including phenoxy) is 1. The molecular weight excluding hydrogens is 216 g/mol. The quantitative estimate of drug-likeness (QED) is 0.551. The number of carbonyl (C=O) groups excluding carboxylic acids is 1. The molecule has 1 fully saturated rings. The van der Waals surface area contributed by atoms with Gasteiger partial charge in [0, 0.05) is 6.42 Å². The van der Waals surface area contributed by atoms with Gasteiger partial charge in [0.2, 0.25) is 0 Å². The molecule has 0 radical (unpaired) electrons. The fourth-order valence-electron chi connectivity index (χ4n) is 2.44. The molecule has 0 aromatic heterocycles. The molecule has 1 rings (SSSR count). The van der Waals surface area contributed by atoms with Crippen molar-refractivity contribution in [3.63, 3.8) is 0 Å². The lowest BCUT2D eigenvalue weighted by Crippen LogP contribution is -2.25. The Morgan fingerprint density at radius 1 is 1.29 bits per heavy atom. The highest BCUT2D eigenvalue weighted by atomic mass is 16.5. The summed E-state index contributed by atoms with van der Waals surface area (Å²) in [6.45, 7) is 2.69. The van der Waals surface area contributed by atoms with Crippen molar-refractivity contribution in [2.75, 3.05) is 6.61 Å². The lowest BCUT2D eigenvalue weighted by molar-refractivity contribution is -0.144. The van der Waals surface area contributed by atoms with E-state index in [1.165, 1.54) is 6.42 Å². The Morgan fingerprint density at radius 3 is 2.76 bits per heavy atom. The third kappa shape index (κ3) is 6.06. The van der Waals surface area contributed by atoms with Crippen LogP contribution >= 0.6 is 0 Å². The molecule has 100 valence electrons. The van der Waals surface area contributed by atoms with E-state index in [0.717, 1.165) is 44.9 Å². The van der Waals surface area contributed by atoms with Crippen molar-refractivity contribution < 1.29 is 14.6 Å². The van der Waals surface area contributed by atoms with Crippen molar-refractivity contribution in [3.8, 4) is 0 Å². The minimum Gasteiger partial charge on any atom is -0.466 e. The second-order valence-electron chi connectivity index (χ2n) is 5.08. The highest BCUT2D eigenvalue weighted by molar-refractivity contribution is 5.69. The van der Waals surface area contributed by atoms with Gasteiger partial charge in [0.15, 0.2) is 0 Å². The van der Waals surface area contributed by atoms with Crippen molar-refractivity contribution >= 4 is 5.97 Å². The van der Waals surface area contributed by atoms with Crippen molar-refractivity contribution in [3.05, 3.63) is 0 Å². The number of hydrogen-bond acceptors (Lipinski definition) is 3. The third-order valence-corrected chi connectivity index (χ3v) is 3.60. The molecule has 0 aromatic carbocycles. The third-order valence-electron chi connectivity index (χ3n) is 3.60. The Hall–Kier alpha value is -0.570. The Bertz CT molecular complexity index is 216. The molecule has 17 heavy (non-hydrogen) atoms. The summed E-state index contributed by atoms with van der Waals surface area (Å²) in [7, 11) is 0. The standard InChI is InChI=1S/C14H26O3/c1-2-3-6-11-17-14(16)10-9-12-7-4-5-8-13(12)15/h12-13,15H,2-11H2,1H3. The first-order valence-corrected chi connectivity index (χ1v) is 7.07. The monoisotopic (exact) mass is 242 g/mol. The molecule has 3 heteroatoms. The maximum absolute atomic E-state index is 11.5. The molecule has 0 aliphatic heterocycles. The van der Waals surface area contributed by atoms with E-state index in [0.29, 0.717) is 18.9 Å². The van der Waals surface area contributed by atoms with Crippen LogP contribution in [-0.2, 0) is 9.53 Å². The van der Waals surface area contributed by atoms with Crippen LogP contribution in [0.4, 0.5) is 0 Å². The molecule has 3 nitrogen and oxygen atoms in total. The van der Waals surface area contributed by atoms with Gasteiger partial charge in [0.25, 0.3) is 0 Å². The van der Waals surface area contributed by atoms with E-state index in [2.05, 4.69) is 6.92 Å². The summed E-state index contributed by atoms with van der Waals surface area (Å²) >= 11 is 0. The smallest absolute Gasteiger partial charge is 0.305 e. The molecule has 1 aliphatic rings. The number of aliphatic hydroxyl groups excluding tert-OH is 1. The number of carbonyl (C=O) groups is 1. The SMILES string of the molecule is CCCCCOC(=O)CCC1CCCCC1O. The van der Waals surface area contributed by atoms with Crippen LogP contribution in [0.25, 0.3) is 0 Å². The van der Waals surface area contributed by atoms with Gasteiger partial charge < -0.3 is 9.84 Å². The molecule has 0 bridgehead atoms. The molecule has 0 saturated heterocycles. The van der Waals surface area contributed by atoms with E-state index in [1.54, 1.807) is 0 Å². The van der Waals surface area contributed by atoms with Crippen LogP contribution in [0.3, 0.4) is 0 Å². The molecule has 0 heterocycles. The van der Waals surface area contributed by atoms with Crippen LogP contribution < -0.4 is 0 Å². The molecule has 0 amide bonds. The van der Waals surface area contributed by atoms with Gasteiger partial charge in [-0.05, 0) is 31.6 Å². The maximum atomic E-state index is 11.5. The second-order valence-corrected chi connectivity index (χ2v) is 5.08. The van der Waals surface area contributed by atoms with Gasteiger partial charge in [-0.15, -0.1) is 0 Å². The zero-order chi connectivity index (χ0) is 12.5. The molecule has 1 saturated carbocycles. The zero-order valence-electron chi connectivity index (χ0n) is 11.0. The van der Waals surface area contributed by atoms with Crippen LogP contribution in [-0.4, -0.2) is 23.8 Å². The summed E-state index contributed by atoms with van der Waals surface area (Å²) in [5.74, 6) is 0.214. The number of hydrogen-bond donors (Lipinski definition) is 1. The van der Waals surface area contributed by atoms with Crippen molar-refractivity contribution in [1.29, 1.82) is 0 Å². The fraction of sp³-hybridized carbons (Fsp3) is 0.929. The normalized spacial score (nSPS) is 24.6. The van der Waals surface area contributed by atoms with E-state index in [4.69, 9.17) is 4.74 Å². The summed E-state index contributed by atoms with van der Waals surface area (Å²) in [5, 5.41) is 9.78. The van der Waals surface area contributed by atoms with E-state index < -0.39 is 0 Å². The molecule has 0 spiro atoms. The molecule has 1 N–H and O–H groups in total. The van der Waals surface area contributed by atoms with Crippen molar-refractivity contribution in [1.82, 2.24) is 0 Å². The number of aliphatic hydroxyl groups is 1. The van der Waals surface area contributed by atoms with Gasteiger partial charge in [-0.1, -0.05) is 32.6 Å². The summed E-state index contributed by atoms with van der Waals surface area (Å²) in [5.41, 5.74) is 0. The number of rotatable bonds is 7. The van der Waals surface area contributed by atoms with Crippen LogP contribution in [0.1, 0.15) is 64.7 Å². The largest absolute Gasteiger partial charge is 0.466 e. The van der Waals surface area contributed by atoms with Crippen molar-refractivity contribution in [2.24, 2.45) is 5.92 Å². The predicted octanol–water partition coefficient (Wildman–Crippen LogP) is 3.05. The van der Waals surface area contributed by atoms with Gasteiger partial charge in [0.05, 0.1) is 12.7 Å². The van der Waals surface area contributed by atoms with Gasteiger partial charge in [0.1, 0.15) is 0 Å². The molecule has 1 aliphatic carbocycles. The summed E-state index contributed by atoms with van der Waals surface area (Å²) in [4.78, 5) is 11.5.